The minimum Gasteiger partial charge on any atom is -0.371 e. The van der Waals surface area contributed by atoms with Crippen molar-refractivity contribution in [2.45, 2.75) is 32.2 Å². The zero-order chi connectivity index (χ0) is 17.6. The van der Waals surface area contributed by atoms with E-state index in [0.717, 1.165) is 13.1 Å². The molecule has 132 valence electrons. The maximum absolute atomic E-state index is 13.7. The van der Waals surface area contributed by atoms with E-state index in [1.165, 1.54) is 30.2 Å². The molecule has 1 aliphatic heterocycles. The fourth-order valence-electron chi connectivity index (χ4n) is 3.39. The van der Waals surface area contributed by atoms with Crippen molar-refractivity contribution in [3.63, 3.8) is 0 Å². The predicted molar refractivity (Wildman–Crippen MR) is 99.1 cm³/mol. The van der Waals surface area contributed by atoms with Gasteiger partial charge in [0, 0.05) is 38.8 Å². The lowest BCUT2D eigenvalue weighted by Crippen LogP contribution is -2.28. The molecule has 1 fully saturated rings. The molecule has 0 saturated carbocycles. The van der Waals surface area contributed by atoms with Crippen molar-refractivity contribution in [3.8, 4) is 0 Å². The molecule has 2 aromatic carbocycles. The Bertz CT molecular complexity index is 725. The fourth-order valence-corrected chi connectivity index (χ4v) is 3.39. The van der Waals surface area contributed by atoms with Crippen molar-refractivity contribution in [3.05, 3.63) is 65.5 Å². The van der Waals surface area contributed by atoms with Gasteiger partial charge in [-0.2, -0.15) is 0 Å². The maximum Gasteiger partial charge on any atom is 0.222 e. The van der Waals surface area contributed by atoms with Gasteiger partial charge in [-0.05, 0) is 42.5 Å². The third kappa shape index (κ3) is 4.38. The molecule has 2 aromatic rings. The standard InChI is InChI=1S/C21H25FN2O/c1-23(21(25)13-12-17-8-2-4-10-19(17)22)16-18-9-3-5-11-20(18)24-14-6-7-15-24/h2-5,8-11H,6-7,12-16H2,1H3. The summed E-state index contributed by atoms with van der Waals surface area (Å²) in [5, 5.41) is 0. The summed E-state index contributed by atoms with van der Waals surface area (Å²) in [4.78, 5) is 16.6. The summed E-state index contributed by atoms with van der Waals surface area (Å²) >= 11 is 0. The first-order valence-electron chi connectivity index (χ1n) is 8.95. The van der Waals surface area contributed by atoms with Gasteiger partial charge in [0.2, 0.25) is 5.91 Å². The van der Waals surface area contributed by atoms with Gasteiger partial charge in [0.05, 0.1) is 0 Å². The highest BCUT2D eigenvalue weighted by atomic mass is 19.1. The van der Waals surface area contributed by atoms with Gasteiger partial charge in [-0.3, -0.25) is 4.79 Å². The SMILES string of the molecule is CN(Cc1ccccc1N1CCCC1)C(=O)CCc1ccccc1F. The number of benzene rings is 2. The van der Waals surface area contributed by atoms with E-state index in [2.05, 4.69) is 23.1 Å². The van der Waals surface area contributed by atoms with E-state index in [4.69, 9.17) is 0 Å². The van der Waals surface area contributed by atoms with Crippen molar-refractivity contribution in [2.24, 2.45) is 0 Å². The summed E-state index contributed by atoms with van der Waals surface area (Å²) in [6.07, 6.45) is 3.21. The zero-order valence-electron chi connectivity index (χ0n) is 14.7. The highest BCUT2D eigenvalue weighted by Crippen LogP contribution is 2.25. The van der Waals surface area contributed by atoms with Crippen molar-refractivity contribution in [1.29, 1.82) is 0 Å². The van der Waals surface area contributed by atoms with Crippen LogP contribution in [-0.2, 0) is 17.8 Å². The van der Waals surface area contributed by atoms with Gasteiger partial charge in [0.25, 0.3) is 0 Å². The molecular formula is C21H25FN2O. The molecule has 0 aromatic heterocycles. The Morgan fingerprint density at radius 1 is 1.04 bits per heavy atom. The Balaban J connectivity index is 1.61. The van der Waals surface area contributed by atoms with Crippen LogP contribution in [0.2, 0.25) is 0 Å². The third-order valence-electron chi connectivity index (χ3n) is 4.84. The van der Waals surface area contributed by atoms with E-state index in [9.17, 15) is 9.18 Å². The molecule has 0 aliphatic carbocycles. The minimum atomic E-state index is -0.239. The number of rotatable bonds is 6. The van der Waals surface area contributed by atoms with Crippen LogP contribution in [0.5, 0.6) is 0 Å². The number of anilines is 1. The average Bonchev–Trinajstić information content (AvgIpc) is 3.15. The van der Waals surface area contributed by atoms with E-state index < -0.39 is 0 Å². The molecular weight excluding hydrogens is 315 g/mol. The summed E-state index contributed by atoms with van der Waals surface area (Å²) in [6.45, 7) is 2.76. The van der Waals surface area contributed by atoms with Gasteiger partial charge in [-0.25, -0.2) is 4.39 Å². The summed E-state index contributed by atoms with van der Waals surface area (Å²) in [7, 11) is 1.82. The Morgan fingerprint density at radius 3 is 2.40 bits per heavy atom. The quantitative estimate of drug-likeness (QED) is 0.793. The molecule has 0 bridgehead atoms. The van der Waals surface area contributed by atoms with Crippen molar-refractivity contribution < 1.29 is 9.18 Å². The van der Waals surface area contributed by atoms with E-state index in [1.54, 1.807) is 23.1 Å². The summed E-state index contributed by atoms with van der Waals surface area (Å²) in [6, 6.07) is 15.0. The molecule has 0 atom stereocenters. The van der Waals surface area contributed by atoms with E-state index in [0.29, 0.717) is 24.9 Å². The predicted octanol–water partition coefficient (Wildman–Crippen LogP) is 4.02. The number of halogens is 1. The number of carbonyl (C=O) groups is 1. The molecule has 0 radical (unpaired) electrons. The van der Waals surface area contributed by atoms with Crippen LogP contribution < -0.4 is 4.90 Å². The van der Waals surface area contributed by atoms with Crippen molar-refractivity contribution in [1.82, 2.24) is 4.90 Å². The summed E-state index contributed by atoms with van der Waals surface area (Å²) < 4.78 is 13.7. The van der Waals surface area contributed by atoms with Gasteiger partial charge in [0.15, 0.2) is 0 Å². The van der Waals surface area contributed by atoms with E-state index >= 15 is 0 Å². The van der Waals surface area contributed by atoms with Gasteiger partial charge in [-0.1, -0.05) is 36.4 Å². The highest BCUT2D eigenvalue weighted by Gasteiger charge is 2.17. The molecule has 4 heteroatoms. The Hall–Kier alpha value is -2.36. The molecule has 0 N–H and O–H groups in total. The second kappa shape index (κ2) is 8.15. The number of aryl methyl sites for hydroxylation is 1. The summed E-state index contributed by atoms with van der Waals surface area (Å²) in [5.74, 6) is -0.197. The van der Waals surface area contributed by atoms with Gasteiger partial charge < -0.3 is 9.80 Å². The second-order valence-corrected chi connectivity index (χ2v) is 6.66. The van der Waals surface area contributed by atoms with E-state index in [-0.39, 0.29) is 11.7 Å². The molecule has 1 heterocycles. The van der Waals surface area contributed by atoms with Crippen LogP contribution in [0.1, 0.15) is 30.4 Å². The smallest absolute Gasteiger partial charge is 0.222 e. The van der Waals surface area contributed by atoms with Crippen LogP contribution >= 0.6 is 0 Å². The lowest BCUT2D eigenvalue weighted by Gasteiger charge is -2.24. The molecule has 3 nitrogen and oxygen atoms in total. The Morgan fingerprint density at radius 2 is 1.68 bits per heavy atom. The van der Waals surface area contributed by atoms with Gasteiger partial charge in [-0.15, -0.1) is 0 Å². The number of nitrogens with zero attached hydrogens (tertiary/aromatic N) is 2. The maximum atomic E-state index is 13.7. The molecule has 25 heavy (non-hydrogen) atoms. The molecule has 3 rings (SSSR count). The number of carbonyl (C=O) groups excluding carboxylic acids is 1. The van der Waals surface area contributed by atoms with E-state index in [1.807, 2.05) is 13.1 Å². The lowest BCUT2D eigenvalue weighted by atomic mass is 10.1. The summed E-state index contributed by atoms with van der Waals surface area (Å²) in [5.41, 5.74) is 3.00. The first-order valence-corrected chi connectivity index (χ1v) is 8.95. The van der Waals surface area contributed by atoms with Crippen LogP contribution in [0, 0.1) is 5.82 Å². The average molecular weight is 340 g/mol. The second-order valence-electron chi connectivity index (χ2n) is 6.66. The first-order chi connectivity index (χ1) is 12.1. The third-order valence-corrected chi connectivity index (χ3v) is 4.84. The Labute approximate surface area is 149 Å². The molecule has 1 aliphatic rings. The van der Waals surface area contributed by atoms with Crippen molar-refractivity contribution >= 4 is 11.6 Å². The fraction of sp³-hybridized carbons (Fsp3) is 0.381. The molecule has 1 saturated heterocycles. The lowest BCUT2D eigenvalue weighted by molar-refractivity contribution is -0.130. The van der Waals surface area contributed by atoms with Crippen LogP contribution in [0.3, 0.4) is 0 Å². The van der Waals surface area contributed by atoms with Crippen LogP contribution in [0.15, 0.2) is 48.5 Å². The molecule has 1 amide bonds. The monoisotopic (exact) mass is 340 g/mol. The normalized spacial score (nSPS) is 13.9. The van der Waals surface area contributed by atoms with Gasteiger partial charge >= 0.3 is 0 Å². The topological polar surface area (TPSA) is 23.6 Å². The van der Waals surface area contributed by atoms with Crippen LogP contribution in [-0.4, -0.2) is 30.9 Å². The molecule has 0 unspecified atom stereocenters. The molecule has 0 spiro atoms. The number of para-hydroxylation sites is 1. The van der Waals surface area contributed by atoms with Crippen LogP contribution in [0.4, 0.5) is 10.1 Å². The Kier molecular flexibility index (Phi) is 5.69. The van der Waals surface area contributed by atoms with Crippen LogP contribution in [0.25, 0.3) is 0 Å². The van der Waals surface area contributed by atoms with Gasteiger partial charge in [0.1, 0.15) is 5.82 Å². The number of hydrogen-bond donors (Lipinski definition) is 0. The van der Waals surface area contributed by atoms with Crippen molar-refractivity contribution in [2.75, 3.05) is 25.0 Å². The number of hydrogen-bond acceptors (Lipinski definition) is 2. The highest BCUT2D eigenvalue weighted by molar-refractivity contribution is 5.76. The minimum absolute atomic E-state index is 0.0412. The number of amides is 1. The zero-order valence-corrected chi connectivity index (χ0v) is 14.7. The first kappa shape index (κ1) is 17.5. The largest absolute Gasteiger partial charge is 0.371 e.